The van der Waals surface area contributed by atoms with Gasteiger partial charge in [-0.2, -0.15) is 0 Å². The van der Waals surface area contributed by atoms with Gasteiger partial charge in [-0.25, -0.2) is 14.0 Å². The standard InChI is InChI=1S/C20H20Cl2FNO5/c1-11(2)29-18(19(25)26)8-12-3-5-16(23)13(7-12)10-28-20(27)24-17-6-4-14(21)9-15(17)22/h3-7,9,11,18H,8,10H2,1-2H3,(H,24,27)(H,25,26). The maximum absolute atomic E-state index is 14.1. The highest BCUT2D eigenvalue weighted by atomic mass is 35.5. The Kier molecular flexibility index (Phi) is 8.25. The summed E-state index contributed by atoms with van der Waals surface area (Å²) in [6.45, 7) is 3.11. The molecule has 1 atom stereocenters. The van der Waals surface area contributed by atoms with Gasteiger partial charge >= 0.3 is 12.1 Å². The molecule has 0 fully saturated rings. The molecule has 2 aromatic carbocycles. The van der Waals surface area contributed by atoms with Crippen LogP contribution in [-0.2, 0) is 27.3 Å². The molecule has 0 aliphatic heterocycles. The Hall–Kier alpha value is -2.35. The lowest BCUT2D eigenvalue weighted by molar-refractivity contribution is -0.153. The van der Waals surface area contributed by atoms with Crippen molar-refractivity contribution in [2.24, 2.45) is 0 Å². The van der Waals surface area contributed by atoms with Gasteiger partial charge in [0.15, 0.2) is 6.10 Å². The van der Waals surface area contributed by atoms with Crippen molar-refractivity contribution in [2.45, 2.75) is 39.1 Å². The Morgan fingerprint density at radius 3 is 2.52 bits per heavy atom. The van der Waals surface area contributed by atoms with Gasteiger partial charge in [0.25, 0.3) is 0 Å². The lowest BCUT2D eigenvalue weighted by Crippen LogP contribution is -2.29. The van der Waals surface area contributed by atoms with E-state index >= 15 is 0 Å². The van der Waals surface area contributed by atoms with E-state index in [4.69, 9.17) is 32.7 Å². The van der Waals surface area contributed by atoms with Crippen LogP contribution in [0, 0.1) is 5.82 Å². The number of benzene rings is 2. The van der Waals surface area contributed by atoms with Crippen LogP contribution in [0.25, 0.3) is 0 Å². The van der Waals surface area contributed by atoms with E-state index in [1.54, 1.807) is 19.9 Å². The molecule has 0 heterocycles. The first kappa shape index (κ1) is 22.9. The number of aliphatic carboxylic acids is 1. The number of anilines is 1. The number of nitrogens with one attached hydrogen (secondary N) is 1. The molecule has 2 aromatic rings. The molecule has 0 aliphatic rings. The monoisotopic (exact) mass is 443 g/mol. The second kappa shape index (κ2) is 10.4. The predicted molar refractivity (Wildman–Crippen MR) is 108 cm³/mol. The molecule has 1 amide bonds. The van der Waals surface area contributed by atoms with E-state index in [1.807, 2.05) is 0 Å². The van der Waals surface area contributed by atoms with Gasteiger partial charge in [-0.05, 0) is 49.7 Å². The number of rotatable bonds is 8. The number of carbonyl (C=O) groups excluding carboxylic acids is 1. The summed E-state index contributed by atoms with van der Waals surface area (Å²) in [5, 5.41) is 12.3. The van der Waals surface area contributed by atoms with Crippen LogP contribution >= 0.6 is 23.2 Å². The molecule has 0 bridgehead atoms. The van der Waals surface area contributed by atoms with Gasteiger partial charge in [-0.1, -0.05) is 29.3 Å². The minimum atomic E-state index is -1.11. The largest absolute Gasteiger partial charge is 0.479 e. The number of hydrogen-bond acceptors (Lipinski definition) is 4. The lowest BCUT2D eigenvalue weighted by atomic mass is 10.0. The second-order valence-corrected chi connectivity index (χ2v) is 7.31. The van der Waals surface area contributed by atoms with Crippen LogP contribution in [0.5, 0.6) is 0 Å². The van der Waals surface area contributed by atoms with Crippen LogP contribution in [0.2, 0.25) is 10.0 Å². The maximum Gasteiger partial charge on any atom is 0.412 e. The quantitative estimate of drug-likeness (QED) is 0.577. The first-order valence-electron chi connectivity index (χ1n) is 8.70. The fourth-order valence-electron chi connectivity index (χ4n) is 2.48. The zero-order valence-electron chi connectivity index (χ0n) is 15.7. The van der Waals surface area contributed by atoms with E-state index in [9.17, 15) is 19.1 Å². The average Bonchev–Trinajstić information content (AvgIpc) is 2.63. The summed E-state index contributed by atoms with van der Waals surface area (Å²) in [6, 6.07) is 8.61. The third-order valence-corrected chi connectivity index (χ3v) is 4.32. The molecule has 2 rings (SSSR count). The zero-order valence-corrected chi connectivity index (χ0v) is 17.3. The molecular formula is C20H20Cl2FNO5. The van der Waals surface area contributed by atoms with Crippen molar-refractivity contribution in [1.82, 2.24) is 0 Å². The van der Waals surface area contributed by atoms with Gasteiger partial charge in [-0.15, -0.1) is 0 Å². The third kappa shape index (κ3) is 7.20. The van der Waals surface area contributed by atoms with Crippen LogP contribution in [0.1, 0.15) is 25.0 Å². The molecule has 6 nitrogen and oxygen atoms in total. The third-order valence-electron chi connectivity index (χ3n) is 3.77. The lowest BCUT2D eigenvalue weighted by Gasteiger charge is -2.17. The second-order valence-electron chi connectivity index (χ2n) is 6.47. The fraction of sp³-hybridized carbons (Fsp3) is 0.300. The zero-order chi connectivity index (χ0) is 21.6. The minimum Gasteiger partial charge on any atom is -0.479 e. The number of amides is 1. The summed E-state index contributed by atoms with van der Waals surface area (Å²) in [7, 11) is 0. The molecular weight excluding hydrogens is 424 g/mol. The molecule has 0 spiro atoms. The van der Waals surface area contributed by atoms with Gasteiger partial charge in [0.2, 0.25) is 0 Å². The van der Waals surface area contributed by atoms with Gasteiger partial charge < -0.3 is 14.6 Å². The minimum absolute atomic E-state index is 0.0490. The fourth-order valence-corrected chi connectivity index (χ4v) is 2.94. The summed E-state index contributed by atoms with van der Waals surface area (Å²) in [5.41, 5.74) is 0.943. The molecule has 2 N–H and O–H groups in total. The Bertz CT molecular complexity index is 891. The van der Waals surface area contributed by atoms with Crippen LogP contribution in [0.15, 0.2) is 36.4 Å². The molecule has 29 heavy (non-hydrogen) atoms. The molecule has 0 saturated carbocycles. The number of carboxylic acids is 1. The van der Waals surface area contributed by atoms with Crippen molar-refractivity contribution in [3.05, 3.63) is 63.4 Å². The maximum atomic E-state index is 14.1. The van der Waals surface area contributed by atoms with Crippen molar-refractivity contribution in [2.75, 3.05) is 5.32 Å². The van der Waals surface area contributed by atoms with Crippen LogP contribution < -0.4 is 5.32 Å². The summed E-state index contributed by atoms with van der Waals surface area (Å²) in [4.78, 5) is 23.3. The number of carboxylic acid groups (broad SMARTS) is 1. The topological polar surface area (TPSA) is 84.9 Å². The van der Waals surface area contributed by atoms with E-state index in [0.29, 0.717) is 16.3 Å². The molecule has 0 radical (unpaired) electrons. The molecule has 9 heteroatoms. The van der Waals surface area contributed by atoms with Gasteiger partial charge in [0.05, 0.1) is 16.8 Å². The summed E-state index contributed by atoms with van der Waals surface area (Å²) in [6.07, 6.45) is -2.12. The number of halogens is 3. The van der Waals surface area contributed by atoms with E-state index in [-0.39, 0.29) is 29.7 Å². The normalized spacial score (nSPS) is 11.9. The Labute approximate surface area is 177 Å². The number of carbonyl (C=O) groups is 2. The molecule has 156 valence electrons. The van der Waals surface area contributed by atoms with Gasteiger partial charge in [0.1, 0.15) is 12.4 Å². The predicted octanol–water partition coefficient (Wildman–Crippen LogP) is 5.30. The average molecular weight is 444 g/mol. The van der Waals surface area contributed by atoms with Crippen molar-refractivity contribution >= 4 is 41.0 Å². The Morgan fingerprint density at radius 1 is 1.17 bits per heavy atom. The SMILES string of the molecule is CC(C)OC(Cc1ccc(F)c(COC(=O)Nc2ccc(Cl)cc2Cl)c1)C(=O)O. The molecule has 0 saturated heterocycles. The van der Waals surface area contributed by atoms with Crippen molar-refractivity contribution in [1.29, 1.82) is 0 Å². The highest BCUT2D eigenvalue weighted by Crippen LogP contribution is 2.25. The molecule has 0 aromatic heterocycles. The Balaban J connectivity index is 2.02. The van der Waals surface area contributed by atoms with Gasteiger partial charge in [-0.3, -0.25) is 5.32 Å². The van der Waals surface area contributed by atoms with E-state index in [0.717, 1.165) is 0 Å². The Morgan fingerprint density at radius 2 is 1.90 bits per heavy atom. The van der Waals surface area contributed by atoms with E-state index in [2.05, 4.69) is 5.32 Å². The van der Waals surface area contributed by atoms with Gasteiger partial charge in [0, 0.05) is 17.0 Å². The highest BCUT2D eigenvalue weighted by molar-refractivity contribution is 6.36. The summed E-state index contributed by atoms with van der Waals surface area (Å²) >= 11 is 11.8. The number of ether oxygens (including phenoxy) is 2. The first-order valence-corrected chi connectivity index (χ1v) is 9.45. The van der Waals surface area contributed by atoms with E-state index < -0.39 is 24.0 Å². The van der Waals surface area contributed by atoms with Crippen molar-refractivity contribution in [3.8, 4) is 0 Å². The van der Waals surface area contributed by atoms with Crippen LogP contribution in [-0.4, -0.2) is 29.4 Å². The van der Waals surface area contributed by atoms with Crippen LogP contribution in [0.4, 0.5) is 14.9 Å². The van der Waals surface area contributed by atoms with Crippen LogP contribution in [0.3, 0.4) is 0 Å². The van der Waals surface area contributed by atoms with Crippen molar-refractivity contribution < 1.29 is 28.6 Å². The van der Waals surface area contributed by atoms with Crippen molar-refractivity contribution in [3.63, 3.8) is 0 Å². The smallest absolute Gasteiger partial charge is 0.412 e. The summed E-state index contributed by atoms with van der Waals surface area (Å²) < 4.78 is 24.5. The summed E-state index contributed by atoms with van der Waals surface area (Å²) in [5.74, 6) is -1.69. The molecule has 1 unspecified atom stereocenters. The molecule has 0 aliphatic carbocycles. The first-order chi connectivity index (χ1) is 13.7. The highest BCUT2D eigenvalue weighted by Gasteiger charge is 2.21. The van der Waals surface area contributed by atoms with E-state index in [1.165, 1.54) is 30.3 Å². The number of hydrogen-bond donors (Lipinski definition) is 2.